The fraction of sp³-hybridized carbons (Fsp3) is 0.190. The van der Waals surface area contributed by atoms with Crippen LogP contribution in [0.1, 0.15) is 5.56 Å². The molecular formula is C21H21N3O4. The third kappa shape index (κ3) is 4.37. The van der Waals surface area contributed by atoms with E-state index >= 15 is 0 Å². The van der Waals surface area contributed by atoms with Crippen LogP contribution in [0.15, 0.2) is 59.4 Å². The van der Waals surface area contributed by atoms with Gasteiger partial charge >= 0.3 is 0 Å². The molecule has 0 unspecified atom stereocenters. The van der Waals surface area contributed by atoms with Gasteiger partial charge in [0.25, 0.3) is 5.56 Å². The number of nitrogens with one attached hydrogen (secondary N) is 1. The van der Waals surface area contributed by atoms with Gasteiger partial charge in [-0.3, -0.25) is 9.59 Å². The number of ether oxygens (including phenoxy) is 2. The first-order chi connectivity index (χ1) is 13.5. The van der Waals surface area contributed by atoms with Crippen molar-refractivity contribution in [1.29, 1.82) is 0 Å². The van der Waals surface area contributed by atoms with E-state index in [1.54, 1.807) is 51.6 Å². The highest BCUT2D eigenvalue weighted by molar-refractivity contribution is 5.92. The van der Waals surface area contributed by atoms with Gasteiger partial charge in [0.2, 0.25) is 5.91 Å². The summed E-state index contributed by atoms with van der Waals surface area (Å²) in [5, 5.41) is 7.08. The average Bonchev–Trinajstić information content (AvgIpc) is 2.70. The number of hydrogen-bond donors (Lipinski definition) is 1. The molecule has 7 nitrogen and oxygen atoms in total. The number of carbonyl (C=O) groups excluding carboxylic acids is 1. The summed E-state index contributed by atoms with van der Waals surface area (Å²) >= 11 is 0. The van der Waals surface area contributed by atoms with E-state index in [1.165, 1.54) is 10.7 Å². The number of rotatable bonds is 6. The molecule has 0 saturated heterocycles. The van der Waals surface area contributed by atoms with Gasteiger partial charge in [0.05, 0.1) is 26.3 Å². The van der Waals surface area contributed by atoms with Crippen LogP contribution in [0.3, 0.4) is 0 Å². The number of aromatic nitrogens is 2. The number of amides is 1. The molecule has 3 rings (SSSR count). The summed E-state index contributed by atoms with van der Waals surface area (Å²) in [6, 6.07) is 15.8. The topological polar surface area (TPSA) is 82.5 Å². The number of hydrogen-bond acceptors (Lipinski definition) is 5. The van der Waals surface area contributed by atoms with Crippen molar-refractivity contribution in [2.75, 3.05) is 19.5 Å². The summed E-state index contributed by atoms with van der Waals surface area (Å²) in [7, 11) is 4.73. The Morgan fingerprint density at radius 2 is 1.71 bits per heavy atom. The molecule has 3 aromatic rings. The maximum Gasteiger partial charge on any atom is 0.266 e. The molecule has 144 valence electrons. The molecule has 0 bridgehead atoms. The highest BCUT2D eigenvalue weighted by Gasteiger charge is 2.09. The van der Waals surface area contributed by atoms with Crippen LogP contribution in [-0.2, 0) is 18.3 Å². The normalized spacial score (nSPS) is 10.4. The monoisotopic (exact) mass is 379 g/mol. The van der Waals surface area contributed by atoms with Gasteiger partial charge in [-0.05, 0) is 35.9 Å². The molecule has 1 aromatic heterocycles. The Bertz CT molecular complexity index is 1040. The Labute approximate surface area is 162 Å². The van der Waals surface area contributed by atoms with E-state index in [1.807, 2.05) is 18.2 Å². The Hall–Kier alpha value is -3.61. The third-order valence-electron chi connectivity index (χ3n) is 4.24. The van der Waals surface area contributed by atoms with Crippen molar-refractivity contribution in [2.24, 2.45) is 7.05 Å². The maximum absolute atomic E-state index is 12.3. The second kappa shape index (κ2) is 8.39. The van der Waals surface area contributed by atoms with Crippen LogP contribution in [-0.4, -0.2) is 29.9 Å². The summed E-state index contributed by atoms with van der Waals surface area (Å²) in [5.74, 6) is 1.07. The van der Waals surface area contributed by atoms with Crippen molar-refractivity contribution >= 4 is 11.6 Å². The standard InChI is InChI=1S/C21H21N3O4/c1-24-21(26)11-9-17(23-24)15-5-7-16(8-6-15)22-20(25)13-14-4-10-18(27-2)19(12-14)28-3/h4-12H,13H2,1-3H3,(H,22,25). The molecule has 0 radical (unpaired) electrons. The third-order valence-corrected chi connectivity index (χ3v) is 4.24. The van der Waals surface area contributed by atoms with Crippen molar-refractivity contribution in [2.45, 2.75) is 6.42 Å². The zero-order valence-electron chi connectivity index (χ0n) is 15.9. The van der Waals surface area contributed by atoms with Crippen molar-refractivity contribution in [3.8, 4) is 22.8 Å². The Kier molecular flexibility index (Phi) is 5.74. The second-order valence-electron chi connectivity index (χ2n) is 6.17. The van der Waals surface area contributed by atoms with E-state index in [4.69, 9.17) is 9.47 Å². The van der Waals surface area contributed by atoms with Gasteiger partial charge in [-0.25, -0.2) is 4.68 Å². The number of aryl methyl sites for hydroxylation is 1. The van der Waals surface area contributed by atoms with Crippen molar-refractivity contribution < 1.29 is 14.3 Å². The highest BCUT2D eigenvalue weighted by Crippen LogP contribution is 2.27. The van der Waals surface area contributed by atoms with Crippen LogP contribution >= 0.6 is 0 Å². The lowest BCUT2D eigenvalue weighted by Crippen LogP contribution is -2.18. The van der Waals surface area contributed by atoms with Gasteiger partial charge < -0.3 is 14.8 Å². The van der Waals surface area contributed by atoms with Gasteiger partial charge in [-0.2, -0.15) is 5.10 Å². The van der Waals surface area contributed by atoms with E-state index in [-0.39, 0.29) is 17.9 Å². The molecule has 0 fully saturated rings. The largest absolute Gasteiger partial charge is 0.493 e. The highest BCUT2D eigenvalue weighted by atomic mass is 16.5. The van der Waals surface area contributed by atoms with Gasteiger partial charge in [0, 0.05) is 24.4 Å². The Morgan fingerprint density at radius 1 is 1.00 bits per heavy atom. The summed E-state index contributed by atoms with van der Waals surface area (Å²) in [6.07, 6.45) is 0.213. The van der Waals surface area contributed by atoms with Gasteiger partial charge in [-0.1, -0.05) is 18.2 Å². The first kappa shape index (κ1) is 19.2. The average molecular weight is 379 g/mol. The zero-order valence-corrected chi connectivity index (χ0v) is 15.9. The van der Waals surface area contributed by atoms with Crippen LogP contribution in [0.25, 0.3) is 11.3 Å². The lowest BCUT2D eigenvalue weighted by Gasteiger charge is -2.10. The number of methoxy groups -OCH3 is 2. The molecule has 2 aromatic carbocycles. The van der Waals surface area contributed by atoms with E-state index in [9.17, 15) is 9.59 Å². The lowest BCUT2D eigenvalue weighted by molar-refractivity contribution is -0.115. The second-order valence-corrected chi connectivity index (χ2v) is 6.17. The van der Waals surface area contributed by atoms with E-state index in [0.717, 1.165) is 11.1 Å². The molecule has 0 atom stereocenters. The lowest BCUT2D eigenvalue weighted by atomic mass is 10.1. The summed E-state index contributed by atoms with van der Waals surface area (Å²) in [6.45, 7) is 0. The van der Waals surface area contributed by atoms with Crippen LogP contribution < -0.4 is 20.3 Å². The molecule has 0 aliphatic heterocycles. The Morgan fingerprint density at radius 3 is 2.36 bits per heavy atom. The van der Waals surface area contributed by atoms with Crippen molar-refractivity contribution in [3.05, 3.63) is 70.5 Å². The van der Waals surface area contributed by atoms with E-state index in [2.05, 4.69) is 10.4 Å². The van der Waals surface area contributed by atoms with Crippen LogP contribution in [0.5, 0.6) is 11.5 Å². The van der Waals surface area contributed by atoms with Gasteiger partial charge in [-0.15, -0.1) is 0 Å². The maximum atomic E-state index is 12.3. The predicted octanol–water partition coefficient (Wildman–Crippen LogP) is 2.65. The number of nitrogens with zero attached hydrogens (tertiary/aromatic N) is 2. The molecule has 0 spiro atoms. The fourth-order valence-corrected chi connectivity index (χ4v) is 2.76. The van der Waals surface area contributed by atoms with E-state index < -0.39 is 0 Å². The van der Waals surface area contributed by atoms with Gasteiger partial charge in [0.15, 0.2) is 11.5 Å². The Balaban J connectivity index is 1.67. The first-order valence-corrected chi connectivity index (χ1v) is 8.65. The predicted molar refractivity (Wildman–Crippen MR) is 107 cm³/mol. The quantitative estimate of drug-likeness (QED) is 0.712. The molecule has 7 heteroatoms. The van der Waals surface area contributed by atoms with Crippen LogP contribution in [0.4, 0.5) is 5.69 Å². The number of benzene rings is 2. The minimum atomic E-state index is -0.164. The van der Waals surface area contributed by atoms with E-state index in [0.29, 0.717) is 22.9 Å². The molecule has 1 N–H and O–H groups in total. The first-order valence-electron chi connectivity index (χ1n) is 8.65. The SMILES string of the molecule is COc1ccc(CC(=O)Nc2ccc(-c3ccc(=O)n(C)n3)cc2)cc1OC. The molecule has 0 aliphatic carbocycles. The molecule has 1 amide bonds. The molecule has 1 heterocycles. The van der Waals surface area contributed by atoms with Crippen LogP contribution in [0, 0.1) is 0 Å². The van der Waals surface area contributed by atoms with Gasteiger partial charge in [0.1, 0.15) is 0 Å². The number of anilines is 1. The fourth-order valence-electron chi connectivity index (χ4n) is 2.76. The number of carbonyl (C=O) groups is 1. The van der Waals surface area contributed by atoms with Crippen molar-refractivity contribution in [1.82, 2.24) is 9.78 Å². The molecular weight excluding hydrogens is 358 g/mol. The minimum Gasteiger partial charge on any atom is -0.493 e. The summed E-state index contributed by atoms with van der Waals surface area (Å²) < 4.78 is 11.8. The molecule has 0 aliphatic rings. The summed E-state index contributed by atoms with van der Waals surface area (Å²) in [5.41, 5.74) is 2.88. The molecule has 28 heavy (non-hydrogen) atoms. The summed E-state index contributed by atoms with van der Waals surface area (Å²) in [4.78, 5) is 23.8. The minimum absolute atomic E-state index is 0.139. The smallest absolute Gasteiger partial charge is 0.266 e. The zero-order chi connectivity index (χ0) is 20.1. The van der Waals surface area contributed by atoms with Crippen LogP contribution in [0.2, 0.25) is 0 Å². The molecule has 0 saturated carbocycles. The van der Waals surface area contributed by atoms with Crippen molar-refractivity contribution in [3.63, 3.8) is 0 Å².